The van der Waals surface area contributed by atoms with Crippen molar-refractivity contribution >= 4 is 16.7 Å². The number of hydrogen-bond donors (Lipinski definition) is 0. The van der Waals surface area contributed by atoms with Crippen LogP contribution in [0.1, 0.15) is 50.4 Å². The van der Waals surface area contributed by atoms with Crippen molar-refractivity contribution in [1.82, 2.24) is 0 Å². The first-order chi connectivity index (χ1) is 11.0. The van der Waals surface area contributed by atoms with Gasteiger partial charge in [-0.05, 0) is 53.5 Å². The van der Waals surface area contributed by atoms with Gasteiger partial charge in [-0.1, -0.05) is 57.5 Å². The number of hydrogen-bond acceptors (Lipinski definition) is 2. The zero-order chi connectivity index (χ0) is 16.4. The minimum absolute atomic E-state index is 0.0534. The van der Waals surface area contributed by atoms with Crippen LogP contribution < -0.4 is 0 Å². The summed E-state index contributed by atoms with van der Waals surface area (Å²) in [4.78, 5) is 12.6. The number of fused-ring (bicyclic) bond motifs is 1. The smallest absolute Gasteiger partial charge is 0.338 e. The van der Waals surface area contributed by atoms with Crippen LogP contribution in [0, 0.1) is 17.8 Å². The van der Waals surface area contributed by atoms with Crippen molar-refractivity contribution in [2.45, 2.75) is 46.1 Å². The van der Waals surface area contributed by atoms with Gasteiger partial charge in [-0.15, -0.1) is 0 Å². The summed E-state index contributed by atoms with van der Waals surface area (Å²) >= 11 is 0. The van der Waals surface area contributed by atoms with Gasteiger partial charge in [-0.3, -0.25) is 0 Å². The van der Waals surface area contributed by atoms with E-state index in [2.05, 4.69) is 26.8 Å². The summed E-state index contributed by atoms with van der Waals surface area (Å²) in [5.74, 6) is 1.49. The van der Waals surface area contributed by atoms with Crippen molar-refractivity contribution in [3.8, 4) is 0 Å². The Morgan fingerprint density at radius 1 is 1.09 bits per heavy atom. The monoisotopic (exact) mass is 310 g/mol. The van der Waals surface area contributed by atoms with E-state index < -0.39 is 0 Å². The van der Waals surface area contributed by atoms with Gasteiger partial charge in [0.1, 0.15) is 6.10 Å². The fraction of sp³-hybridized carbons (Fsp3) is 0.476. The second-order valence-electron chi connectivity index (χ2n) is 7.33. The number of carbonyl (C=O) groups is 1. The van der Waals surface area contributed by atoms with Crippen molar-refractivity contribution in [3.05, 3.63) is 48.0 Å². The molecule has 0 unspecified atom stereocenters. The Labute approximate surface area is 138 Å². The Bertz CT molecular complexity index is 689. The second kappa shape index (κ2) is 6.74. The molecule has 1 saturated carbocycles. The molecule has 0 N–H and O–H groups in total. The fourth-order valence-corrected chi connectivity index (χ4v) is 3.77. The molecule has 2 nitrogen and oxygen atoms in total. The van der Waals surface area contributed by atoms with Gasteiger partial charge in [0.2, 0.25) is 0 Å². The quantitative estimate of drug-likeness (QED) is 0.704. The van der Waals surface area contributed by atoms with Gasteiger partial charge in [0.25, 0.3) is 0 Å². The average Bonchev–Trinajstić information content (AvgIpc) is 2.54. The minimum Gasteiger partial charge on any atom is -0.458 e. The third-order valence-electron chi connectivity index (χ3n) is 5.20. The molecule has 0 aromatic heterocycles. The van der Waals surface area contributed by atoms with Crippen LogP contribution in [-0.2, 0) is 4.74 Å². The molecule has 0 bridgehead atoms. The second-order valence-corrected chi connectivity index (χ2v) is 7.33. The van der Waals surface area contributed by atoms with Gasteiger partial charge in [-0.25, -0.2) is 4.79 Å². The Morgan fingerprint density at radius 3 is 2.57 bits per heavy atom. The van der Waals surface area contributed by atoms with Gasteiger partial charge in [-0.2, -0.15) is 0 Å². The van der Waals surface area contributed by atoms with E-state index in [4.69, 9.17) is 4.74 Å². The number of benzene rings is 2. The molecule has 2 aromatic rings. The molecule has 0 aliphatic heterocycles. The van der Waals surface area contributed by atoms with E-state index in [1.165, 1.54) is 6.42 Å². The SMILES string of the molecule is CC(C)[C@H]1CC[C@@H](C)C[C@H]1OC(=O)c1ccc2ccccc2c1. The first kappa shape index (κ1) is 16.0. The van der Waals surface area contributed by atoms with Crippen LogP contribution in [0.15, 0.2) is 42.5 Å². The van der Waals surface area contributed by atoms with Crippen LogP contribution in [0.5, 0.6) is 0 Å². The molecule has 2 heteroatoms. The lowest BCUT2D eigenvalue weighted by atomic mass is 9.75. The Balaban J connectivity index is 1.78. The number of rotatable bonds is 3. The summed E-state index contributed by atoms with van der Waals surface area (Å²) < 4.78 is 5.93. The third kappa shape index (κ3) is 3.57. The van der Waals surface area contributed by atoms with Crippen molar-refractivity contribution in [2.24, 2.45) is 17.8 Å². The van der Waals surface area contributed by atoms with E-state index >= 15 is 0 Å². The molecule has 0 amide bonds. The summed E-state index contributed by atoms with van der Waals surface area (Å²) in [6.07, 6.45) is 3.45. The zero-order valence-corrected chi connectivity index (χ0v) is 14.3. The van der Waals surface area contributed by atoms with Gasteiger partial charge in [0.05, 0.1) is 5.56 Å². The molecule has 1 fully saturated rings. The highest BCUT2D eigenvalue weighted by atomic mass is 16.5. The molecule has 0 spiro atoms. The maximum Gasteiger partial charge on any atom is 0.338 e. The third-order valence-corrected chi connectivity index (χ3v) is 5.20. The molecule has 3 atom stereocenters. The highest BCUT2D eigenvalue weighted by Gasteiger charge is 2.33. The van der Waals surface area contributed by atoms with E-state index in [1.807, 2.05) is 36.4 Å². The summed E-state index contributed by atoms with van der Waals surface area (Å²) in [7, 11) is 0. The fourth-order valence-electron chi connectivity index (χ4n) is 3.77. The van der Waals surface area contributed by atoms with Crippen molar-refractivity contribution in [1.29, 1.82) is 0 Å². The molecule has 23 heavy (non-hydrogen) atoms. The standard InChI is InChI=1S/C21H26O2/c1-14(2)19-11-8-15(3)12-20(19)23-21(22)18-10-9-16-6-4-5-7-17(16)13-18/h4-7,9-10,13-15,19-20H,8,11-12H2,1-3H3/t15-,19-,20-/m1/s1. The average molecular weight is 310 g/mol. The van der Waals surface area contributed by atoms with Crippen LogP contribution in [0.4, 0.5) is 0 Å². The zero-order valence-electron chi connectivity index (χ0n) is 14.3. The Kier molecular flexibility index (Phi) is 4.70. The van der Waals surface area contributed by atoms with Gasteiger partial charge < -0.3 is 4.74 Å². The van der Waals surface area contributed by atoms with Crippen LogP contribution in [0.25, 0.3) is 10.8 Å². The van der Waals surface area contributed by atoms with E-state index in [0.29, 0.717) is 23.3 Å². The van der Waals surface area contributed by atoms with Crippen LogP contribution in [-0.4, -0.2) is 12.1 Å². The number of esters is 1. The molecule has 0 radical (unpaired) electrons. The lowest BCUT2D eigenvalue weighted by Crippen LogP contribution is -2.35. The highest BCUT2D eigenvalue weighted by molar-refractivity contribution is 5.95. The number of carbonyl (C=O) groups excluding carboxylic acids is 1. The van der Waals surface area contributed by atoms with Crippen molar-refractivity contribution < 1.29 is 9.53 Å². The van der Waals surface area contributed by atoms with E-state index in [1.54, 1.807) is 0 Å². The maximum atomic E-state index is 12.6. The lowest BCUT2D eigenvalue weighted by Gasteiger charge is -2.36. The molecule has 0 saturated heterocycles. The predicted molar refractivity (Wildman–Crippen MR) is 94.5 cm³/mol. The molecular weight excluding hydrogens is 284 g/mol. The van der Waals surface area contributed by atoms with Crippen molar-refractivity contribution in [2.75, 3.05) is 0 Å². The largest absolute Gasteiger partial charge is 0.458 e. The first-order valence-electron chi connectivity index (χ1n) is 8.74. The van der Waals surface area contributed by atoms with Gasteiger partial charge in [0.15, 0.2) is 0 Å². The van der Waals surface area contributed by atoms with Crippen LogP contribution >= 0.6 is 0 Å². The van der Waals surface area contributed by atoms with Gasteiger partial charge in [0, 0.05) is 0 Å². The van der Waals surface area contributed by atoms with E-state index in [0.717, 1.165) is 23.6 Å². The van der Waals surface area contributed by atoms with Crippen LogP contribution in [0.2, 0.25) is 0 Å². The predicted octanol–water partition coefficient (Wildman–Crippen LogP) is 5.46. The van der Waals surface area contributed by atoms with E-state index in [-0.39, 0.29) is 12.1 Å². The molecule has 1 aliphatic rings. The molecule has 1 aliphatic carbocycles. The van der Waals surface area contributed by atoms with Gasteiger partial charge >= 0.3 is 5.97 Å². The molecule has 2 aromatic carbocycles. The molecule has 0 heterocycles. The van der Waals surface area contributed by atoms with Crippen LogP contribution in [0.3, 0.4) is 0 Å². The first-order valence-corrected chi connectivity index (χ1v) is 8.74. The normalized spacial score (nSPS) is 24.8. The Hall–Kier alpha value is -1.83. The summed E-state index contributed by atoms with van der Waals surface area (Å²) in [6, 6.07) is 13.9. The molecule has 3 rings (SSSR count). The summed E-state index contributed by atoms with van der Waals surface area (Å²) in [5, 5.41) is 2.23. The minimum atomic E-state index is -0.180. The molecule has 122 valence electrons. The van der Waals surface area contributed by atoms with E-state index in [9.17, 15) is 4.79 Å². The Morgan fingerprint density at radius 2 is 1.83 bits per heavy atom. The van der Waals surface area contributed by atoms with Crippen molar-refractivity contribution in [3.63, 3.8) is 0 Å². The lowest BCUT2D eigenvalue weighted by molar-refractivity contribution is -0.0173. The summed E-state index contributed by atoms with van der Waals surface area (Å²) in [5.41, 5.74) is 0.657. The highest BCUT2D eigenvalue weighted by Crippen LogP contribution is 2.35. The maximum absolute atomic E-state index is 12.6. The topological polar surface area (TPSA) is 26.3 Å². The molecular formula is C21H26O2. The summed E-state index contributed by atoms with van der Waals surface area (Å²) in [6.45, 7) is 6.72. The number of ether oxygens (including phenoxy) is 1.